The maximum atomic E-state index is 12.3. The van der Waals surface area contributed by atoms with Gasteiger partial charge < -0.3 is 14.2 Å². The molecule has 0 saturated heterocycles. The van der Waals surface area contributed by atoms with E-state index in [1.807, 2.05) is 27.7 Å². The molecule has 0 aliphatic carbocycles. The predicted molar refractivity (Wildman–Crippen MR) is 76.2 cm³/mol. The van der Waals surface area contributed by atoms with E-state index in [1.165, 1.54) is 0 Å². The van der Waals surface area contributed by atoms with E-state index in [9.17, 15) is 9.59 Å². The molecule has 0 fully saturated rings. The van der Waals surface area contributed by atoms with Crippen molar-refractivity contribution in [2.24, 2.45) is 11.3 Å². The van der Waals surface area contributed by atoms with Crippen LogP contribution in [0.2, 0.25) is 0 Å². The molecular formula is C15H28O5. The van der Waals surface area contributed by atoms with E-state index in [1.54, 1.807) is 13.8 Å². The van der Waals surface area contributed by atoms with Crippen molar-refractivity contribution in [3.63, 3.8) is 0 Å². The molecule has 0 radical (unpaired) electrons. The first-order valence-corrected chi connectivity index (χ1v) is 7.26. The van der Waals surface area contributed by atoms with Gasteiger partial charge >= 0.3 is 11.9 Å². The van der Waals surface area contributed by atoms with Crippen molar-refractivity contribution in [1.82, 2.24) is 0 Å². The Morgan fingerprint density at radius 2 is 1.40 bits per heavy atom. The van der Waals surface area contributed by atoms with Crippen LogP contribution in [-0.4, -0.2) is 37.9 Å². The standard InChI is InChI=1S/C15H28O5/c1-7-18-13(16)15(9-11(3)4,10-20-12(5)6)14(17)19-8-2/h11-12H,7-10H2,1-6H3. The Labute approximate surface area is 122 Å². The van der Waals surface area contributed by atoms with Gasteiger partial charge in [0.05, 0.1) is 25.9 Å². The lowest BCUT2D eigenvalue weighted by Crippen LogP contribution is -2.47. The molecule has 0 atom stereocenters. The summed E-state index contributed by atoms with van der Waals surface area (Å²) < 4.78 is 15.7. The van der Waals surface area contributed by atoms with E-state index in [4.69, 9.17) is 14.2 Å². The monoisotopic (exact) mass is 288 g/mol. The Balaban J connectivity index is 5.37. The van der Waals surface area contributed by atoms with Crippen molar-refractivity contribution >= 4 is 11.9 Å². The molecule has 0 aromatic heterocycles. The molecule has 20 heavy (non-hydrogen) atoms. The quantitative estimate of drug-likeness (QED) is 0.482. The SMILES string of the molecule is CCOC(=O)C(COC(C)C)(CC(C)C)C(=O)OCC. The van der Waals surface area contributed by atoms with Crippen LogP contribution < -0.4 is 0 Å². The van der Waals surface area contributed by atoms with Crippen LogP contribution in [-0.2, 0) is 23.8 Å². The van der Waals surface area contributed by atoms with Gasteiger partial charge in [0.25, 0.3) is 0 Å². The summed E-state index contributed by atoms with van der Waals surface area (Å²) in [6.45, 7) is 11.5. The number of hydrogen-bond acceptors (Lipinski definition) is 5. The Morgan fingerprint density at radius 3 is 1.70 bits per heavy atom. The molecule has 0 unspecified atom stereocenters. The van der Waals surface area contributed by atoms with Crippen molar-refractivity contribution < 1.29 is 23.8 Å². The van der Waals surface area contributed by atoms with E-state index >= 15 is 0 Å². The molecule has 5 heteroatoms. The van der Waals surface area contributed by atoms with E-state index in [-0.39, 0.29) is 31.8 Å². The Bertz CT molecular complexity index is 291. The van der Waals surface area contributed by atoms with Crippen LogP contribution >= 0.6 is 0 Å². The molecule has 0 bridgehead atoms. The summed E-state index contributed by atoms with van der Waals surface area (Å²) in [7, 11) is 0. The molecule has 0 saturated carbocycles. The van der Waals surface area contributed by atoms with Crippen molar-refractivity contribution in [3.8, 4) is 0 Å². The highest BCUT2D eigenvalue weighted by atomic mass is 16.6. The molecule has 0 rings (SSSR count). The number of carbonyl (C=O) groups is 2. The minimum atomic E-state index is -1.37. The molecule has 5 nitrogen and oxygen atoms in total. The normalized spacial score (nSPS) is 11.8. The first kappa shape index (κ1) is 18.9. The number of hydrogen-bond donors (Lipinski definition) is 0. The van der Waals surface area contributed by atoms with Crippen LogP contribution in [0, 0.1) is 11.3 Å². The molecule has 0 amide bonds. The van der Waals surface area contributed by atoms with Crippen molar-refractivity contribution in [3.05, 3.63) is 0 Å². The smallest absolute Gasteiger partial charge is 0.325 e. The fourth-order valence-electron chi connectivity index (χ4n) is 1.97. The molecule has 118 valence electrons. The predicted octanol–water partition coefficient (Wildman–Crippen LogP) is 2.57. The highest BCUT2D eigenvalue weighted by molar-refractivity contribution is 6.00. The van der Waals surface area contributed by atoms with Crippen LogP contribution in [0.15, 0.2) is 0 Å². The second kappa shape index (κ2) is 8.95. The Morgan fingerprint density at radius 1 is 0.950 bits per heavy atom. The van der Waals surface area contributed by atoms with E-state index in [2.05, 4.69) is 0 Å². The fraction of sp³-hybridized carbons (Fsp3) is 0.867. The summed E-state index contributed by atoms with van der Waals surface area (Å²) in [5.74, 6) is -0.986. The highest BCUT2D eigenvalue weighted by Crippen LogP contribution is 2.31. The Hall–Kier alpha value is -1.10. The summed E-state index contributed by atoms with van der Waals surface area (Å²) >= 11 is 0. The summed E-state index contributed by atoms with van der Waals surface area (Å²) in [4.78, 5) is 24.7. The first-order valence-electron chi connectivity index (χ1n) is 7.26. The van der Waals surface area contributed by atoms with Crippen LogP contribution in [0.3, 0.4) is 0 Å². The molecule has 0 N–H and O–H groups in total. The van der Waals surface area contributed by atoms with Crippen LogP contribution in [0.5, 0.6) is 0 Å². The third-order valence-electron chi connectivity index (χ3n) is 2.75. The van der Waals surface area contributed by atoms with Gasteiger partial charge in [-0.15, -0.1) is 0 Å². The Kier molecular flexibility index (Phi) is 8.46. The van der Waals surface area contributed by atoms with Crippen molar-refractivity contribution in [2.75, 3.05) is 19.8 Å². The average molecular weight is 288 g/mol. The molecule has 0 aromatic carbocycles. The first-order chi connectivity index (χ1) is 9.30. The van der Waals surface area contributed by atoms with E-state index in [0.717, 1.165) is 0 Å². The number of rotatable bonds is 9. The maximum absolute atomic E-state index is 12.3. The number of carbonyl (C=O) groups excluding carboxylic acids is 2. The van der Waals surface area contributed by atoms with E-state index < -0.39 is 17.4 Å². The fourth-order valence-corrected chi connectivity index (χ4v) is 1.97. The zero-order valence-electron chi connectivity index (χ0n) is 13.5. The number of esters is 2. The summed E-state index contributed by atoms with van der Waals surface area (Å²) in [6.07, 6.45) is 0.266. The van der Waals surface area contributed by atoms with Crippen molar-refractivity contribution in [2.45, 2.75) is 54.1 Å². The molecule has 0 aliphatic rings. The van der Waals surface area contributed by atoms with Crippen LogP contribution in [0.25, 0.3) is 0 Å². The summed E-state index contributed by atoms with van der Waals surface area (Å²) in [5.41, 5.74) is -1.37. The van der Waals surface area contributed by atoms with Crippen molar-refractivity contribution in [1.29, 1.82) is 0 Å². The second-order valence-electron chi connectivity index (χ2n) is 5.48. The molecular weight excluding hydrogens is 260 g/mol. The van der Waals surface area contributed by atoms with Gasteiger partial charge in [-0.1, -0.05) is 13.8 Å². The topological polar surface area (TPSA) is 61.8 Å². The minimum Gasteiger partial charge on any atom is -0.465 e. The van der Waals surface area contributed by atoms with Gasteiger partial charge in [0.2, 0.25) is 0 Å². The lowest BCUT2D eigenvalue weighted by molar-refractivity contribution is -0.179. The van der Waals surface area contributed by atoms with Gasteiger partial charge in [-0.25, -0.2) is 0 Å². The largest absolute Gasteiger partial charge is 0.465 e. The zero-order chi connectivity index (χ0) is 15.8. The van der Waals surface area contributed by atoms with Gasteiger partial charge in [0, 0.05) is 0 Å². The summed E-state index contributed by atoms with van der Waals surface area (Å²) in [5, 5.41) is 0. The minimum absolute atomic E-state index is 0.0134. The van der Waals surface area contributed by atoms with Gasteiger partial charge in [-0.05, 0) is 40.0 Å². The molecule has 0 heterocycles. The maximum Gasteiger partial charge on any atom is 0.325 e. The highest BCUT2D eigenvalue weighted by Gasteiger charge is 2.49. The van der Waals surface area contributed by atoms with Crippen LogP contribution in [0.1, 0.15) is 48.0 Å². The summed E-state index contributed by atoms with van der Waals surface area (Å²) in [6, 6.07) is 0. The molecule has 0 aliphatic heterocycles. The van der Waals surface area contributed by atoms with Gasteiger partial charge in [0.1, 0.15) is 0 Å². The zero-order valence-corrected chi connectivity index (χ0v) is 13.5. The third kappa shape index (κ3) is 5.49. The van der Waals surface area contributed by atoms with Crippen LogP contribution in [0.4, 0.5) is 0 Å². The third-order valence-corrected chi connectivity index (χ3v) is 2.75. The lowest BCUT2D eigenvalue weighted by Gasteiger charge is -2.31. The molecule has 0 aromatic rings. The molecule has 0 spiro atoms. The lowest BCUT2D eigenvalue weighted by atomic mass is 9.80. The number of ether oxygens (including phenoxy) is 3. The van der Waals surface area contributed by atoms with Gasteiger partial charge in [-0.3, -0.25) is 9.59 Å². The average Bonchev–Trinajstić information content (AvgIpc) is 2.34. The van der Waals surface area contributed by atoms with Gasteiger partial charge in [0.15, 0.2) is 5.41 Å². The van der Waals surface area contributed by atoms with Gasteiger partial charge in [-0.2, -0.15) is 0 Å². The van der Waals surface area contributed by atoms with E-state index in [0.29, 0.717) is 6.42 Å². The second-order valence-corrected chi connectivity index (χ2v) is 5.48.